The highest BCUT2D eigenvalue weighted by molar-refractivity contribution is 7.92. The molecule has 0 aliphatic carbocycles. The summed E-state index contributed by atoms with van der Waals surface area (Å²) in [7, 11) is -11.1. The molecule has 0 spiro atoms. The van der Waals surface area contributed by atoms with E-state index in [0.29, 0.717) is 24.5 Å². The predicted molar refractivity (Wildman–Crippen MR) is 162 cm³/mol. The molecule has 4 rings (SSSR count). The predicted octanol–water partition coefficient (Wildman–Crippen LogP) is 7.93. The van der Waals surface area contributed by atoms with Crippen LogP contribution in [0.15, 0.2) is 46.2 Å². The number of sulfone groups is 2. The van der Waals surface area contributed by atoms with Gasteiger partial charge in [-0.05, 0) is 113 Å². The topological polar surface area (TPSA) is 74.8 Å². The van der Waals surface area contributed by atoms with E-state index < -0.39 is 46.3 Å². The summed E-state index contributed by atoms with van der Waals surface area (Å²) in [5.41, 5.74) is -10.3. The minimum atomic E-state index is -5.67. The van der Waals surface area contributed by atoms with E-state index in [1.807, 2.05) is 0 Å². The minimum Gasteiger partial charge on any atom is -0.303 e. The van der Waals surface area contributed by atoms with Crippen LogP contribution in [0.3, 0.4) is 0 Å². The van der Waals surface area contributed by atoms with Crippen molar-refractivity contribution < 1.29 is 47.6 Å². The molecule has 2 aromatic carbocycles. The molecular formula is C30H38ClF7N2O4S2. The van der Waals surface area contributed by atoms with Gasteiger partial charge in [0.25, 0.3) is 19.7 Å². The first-order valence-electron chi connectivity index (χ1n) is 15.0. The van der Waals surface area contributed by atoms with Crippen LogP contribution < -0.4 is 0 Å². The molecule has 260 valence electrons. The molecule has 0 atom stereocenters. The van der Waals surface area contributed by atoms with E-state index >= 15 is 0 Å². The van der Waals surface area contributed by atoms with Gasteiger partial charge in [-0.25, -0.2) is 21.2 Å². The molecule has 0 unspecified atom stereocenters. The molecule has 2 fully saturated rings. The van der Waals surface area contributed by atoms with Gasteiger partial charge in [-0.3, -0.25) is 0 Å². The summed E-state index contributed by atoms with van der Waals surface area (Å²) in [5.74, 6) is -1.54. The van der Waals surface area contributed by atoms with Crippen molar-refractivity contribution in [1.82, 2.24) is 9.80 Å². The van der Waals surface area contributed by atoms with Crippen LogP contribution in [0.5, 0.6) is 0 Å². The molecule has 2 saturated heterocycles. The van der Waals surface area contributed by atoms with Crippen molar-refractivity contribution in [3.63, 3.8) is 0 Å². The SMILES string of the molecule is CCCN1CCC(c2cccc(S(=O)(=O)C(F)(F)F)c2Cl)CC1.CCCN1CCC(c2cccc(S(=O)(=O)C(F)(F)F)c2F)CC1. The van der Waals surface area contributed by atoms with E-state index in [2.05, 4.69) is 23.6 Å². The number of piperidine rings is 2. The van der Waals surface area contributed by atoms with Gasteiger partial charge in [0, 0.05) is 0 Å². The van der Waals surface area contributed by atoms with Crippen molar-refractivity contribution in [3.05, 3.63) is 58.4 Å². The molecule has 0 N–H and O–H groups in total. The highest BCUT2D eigenvalue weighted by atomic mass is 35.5. The van der Waals surface area contributed by atoms with Gasteiger partial charge in [0.05, 0.1) is 9.92 Å². The van der Waals surface area contributed by atoms with Gasteiger partial charge in [0.15, 0.2) is 0 Å². The summed E-state index contributed by atoms with van der Waals surface area (Å²) in [4.78, 5) is 2.38. The van der Waals surface area contributed by atoms with E-state index in [-0.39, 0.29) is 22.4 Å². The fourth-order valence-electron chi connectivity index (χ4n) is 5.92. The van der Waals surface area contributed by atoms with E-state index in [9.17, 15) is 47.6 Å². The lowest BCUT2D eigenvalue weighted by molar-refractivity contribution is -0.0443. The Labute approximate surface area is 270 Å². The summed E-state index contributed by atoms with van der Waals surface area (Å²) >= 11 is 6.04. The normalized spacial score (nSPS) is 18.3. The van der Waals surface area contributed by atoms with Gasteiger partial charge < -0.3 is 9.80 Å². The third-order valence-electron chi connectivity index (χ3n) is 8.31. The number of benzene rings is 2. The lowest BCUT2D eigenvalue weighted by atomic mass is 9.89. The van der Waals surface area contributed by atoms with Crippen molar-refractivity contribution in [1.29, 1.82) is 0 Å². The molecule has 0 saturated carbocycles. The van der Waals surface area contributed by atoms with Crippen LogP contribution in [-0.2, 0) is 19.7 Å². The Balaban J connectivity index is 0.000000250. The summed E-state index contributed by atoms with van der Waals surface area (Å²) in [6.45, 7) is 9.20. The van der Waals surface area contributed by atoms with Crippen LogP contribution in [-0.4, -0.2) is 76.9 Å². The third kappa shape index (κ3) is 8.74. The molecule has 6 nitrogen and oxygen atoms in total. The Morgan fingerprint density at radius 3 is 1.46 bits per heavy atom. The standard InChI is InChI=1S/C15H19ClF3NO2S.C15H19F4NO2S/c2*1-2-8-20-9-6-11(7-10-20)12-4-3-5-13(14(12)16)23(21,22)15(17,18)19/h2*3-5,11H,2,6-10H2,1H3. The van der Waals surface area contributed by atoms with Crippen LogP contribution in [0, 0.1) is 5.82 Å². The zero-order valence-electron chi connectivity index (χ0n) is 25.5. The zero-order chi connectivity index (χ0) is 34.5. The van der Waals surface area contributed by atoms with Gasteiger partial charge in [-0.15, -0.1) is 0 Å². The highest BCUT2D eigenvalue weighted by Gasteiger charge is 2.49. The second kappa shape index (κ2) is 15.5. The second-order valence-corrected chi connectivity index (χ2v) is 15.6. The lowest BCUT2D eigenvalue weighted by Gasteiger charge is -2.32. The Bertz CT molecular complexity index is 1420. The number of halogens is 8. The Hall–Kier alpha value is -1.94. The average molecular weight is 723 g/mol. The van der Waals surface area contributed by atoms with Crippen molar-refractivity contribution >= 4 is 31.3 Å². The maximum atomic E-state index is 14.4. The maximum absolute atomic E-state index is 14.4. The van der Waals surface area contributed by atoms with Crippen molar-refractivity contribution in [3.8, 4) is 0 Å². The van der Waals surface area contributed by atoms with Crippen LogP contribution in [0.4, 0.5) is 30.7 Å². The smallest absolute Gasteiger partial charge is 0.303 e. The number of rotatable bonds is 8. The molecule has 0 radical (unpaired) electrons. The van der Waals surface area contributed by atoms with Gasteiger partial charge >= 0.3 is 11.0 Å². The zero-order valence-corrected chi connectivity index (χ0v) is 27.9. The van der Waals surface area contributed by atoms with Crippen LogP contribution in [0.2, 0.25) is 5.02 Å². The maximum Gasteiger partial charge on any atom is 0.502 e. The fourth-order valence-corrected chi connectivity index (χ4v) is 8.22. The number of alkyl halides is 6. The van der Waals surface area contributed by atoms with Crippen LogP contribution in [0.25, 0.3) is 0 Å². The molecule has 0 bridgehead atoms. The Morgan fingerprint density at radius 2 is 1.04 bits per heavy atom. The third-order valence-corrected chi connectivity index (χ3v) is 11.9. The molecule has 2 heterocycles. The Kier molecular flexibility index (Phi) is 13.0. The fraction of sp³-hybridized carbons (Fsp3) is 0.600. The summed E-state index contributed by atoms with van der Waals surface area (Å²) in [5, 5.41) is -0.293. The molecular weight excluding hydrogens is 685 g/mol. The molecule has 2 aliphatic heterocycles. The molecule has 0 amide bonds. The molecule has 2 aromatic rings. The lowest BCUT2D eigenvalue weighted by Crippen LogP contribution is -2.33. The Morgan fingerprint density at radius 1 is 0.674 bits per heavy atom. The molecule has 16 heteroatoms. The van der Waals surface area contributed by atoms with E-state index in [0.717, 1.165) is 71.0 Å². The quantitative estimate of drug-likeness (QED) is 0.258. The number of hydrogen-bond acceptors (Lipinski definition) is 6. The van der Waals surface area contributed by atoms with E-state index in [1.54, 1.807) is 6.07 Å². The first kappa shape index (κ1) is 38.5. The van der Waals surface area contributed by atoms with Crippen molar-refractivity contribution in [2.75, 3.05) is 39.3 Å². The minimum absolute atomic E-state index is 0.0148. The van der Waals surface area contributed by atoms with Gasteiger partial charge in [-0.1, -0.05) is 49.7 Å². The van der Waals surface area contributed by atoms with Gasteiger partial charge in [0.1, 0.15) is 10.7 Å². The summed E-state index contributed by atoms with van der Waals surface area (Å²) in [6.07, 6.45) is 4.77. The largest absolute Gasteiger partial charge is 0.502 e. The van der Waals surface area contributed by atoms with Crippen LogP contribution in [0.1, 0.15) is 75.3 Å². The molecule has 0 aromatic heterocycles. The first-order valence-corrected chi connectivity index (χ1v) is 18.3. The average Bonchev–Trinajstić information content (AvgIpc) is 2.98. The highest BCUT2D eigenvalue weighted by Crippen LogP contribution is 2.40. The second-order valence-electron chi connectivity index (χ2n) is 11.4. The van der Waals surface area contributed by atoms with Crippen molar-refractivity contribution in [2.45, 2.75) is 85.0 Å². The van der Waals surface area contributed by atoms with Gasteiger partial charge in [-0.2, -0.15) is 26.3 Å². The first-order chi connectivity index (χ1) is 21.4. The molecule has 46 heavy (non-hydrogen) atoms. The van der Waals surface area contributed by atoms with Crippen LogP contribution >= 0.6 is 11.6 Å². The summed E-state index contributed by atoms with van der Waals surface area (Å²) in [6, 6.07) is 7.10. The van der Waals surface area contributed by atoms with Gasteiger partial charge in [0.2, 0.25) is 0 Å². The number of nitrogens with zero attached hydrogens (tertiary/aromatic N) is 2. The van der Waals surface area contributed by atoms with E-state index in [1.165, 1.54) is 18.2 Å². The monoisotopic (exact) mass is 722 g/mol. The number of hydrogen-bond donors (Lipinski definition) is 0. The van der Waals surface area contributed by atoms with Crippen molar-refractivity contribution in [2.24, 2.45) is 0 Å². The number of likely N-dealkylation sites (tertiary alicyclic amines) is 2. The molecule has 2 aliphatic rings. The summed E-state index contributed by atoms with van der Waals surface area (Å²) < 4.78 is 137. The van der Waals surface area contributed by atoms with E-state index in [4.69, 9.17) is 11.6 Å².